The van der Waals surface area contributed by atoms with E-state index < -0.39 is 0 Å². The molecule has 1 heterocycles. The SMILES string of the molecule is CC(NC1CC2CC=CC21)c1ccc2c(c1)OCCO2. The van der Waals surface area contributed by atoms with Gasteiger partial charge in [0.05, 0.1) is 0 Å². The van der Waals surface area contributed by atoms with E-state index in [4.69, 9.17) is 9.47 Å². The Bertz CT molecular complexity index is 540. The highest BCUT2D eigenvalue weighted by molar-refractivity contribution is 5.44. The molecule has 1 fully saturated rings. The van der Waals surface area contributed by atoms with Crippen LogP contribution in [0.25, 0.3) is 0 Å². The van der Waals surface area contributed by atoms with Crippen molar-refractivity contribution in [1.29, 1.82) is 0 Å². The highest BCUT2D eigenvalue weighted by atomic mass is 16.6. The quantitative estimate of drug-likeness (QED) is 0.857. The van der Waals surface area contributed by atoms with Crippen LogP contribution in [0.4, 0.5) is 0 Å². The van der Waals surface area contributed by atoms with Gasteiger partial charge in [-0.25, -0.2) is 0 Å². The van der Waals surface area contributed by atoms with Gasteiger partial charge in [0.2, 0.25) is 0 Å². The zero-order valence-electron chi connectivity index (χ0n) is 11.8. The van der Waals surface area contributed by atoms with Gasteiger partial charge < -0.3 is 14.8 Å². The Morgan fingerprint density at radius 3 is 2.90 bits per heavy atom. The van der Waals surface area contributed by atoms with Crippen LogP contribution in [-0.4, -0.2) is 19.3 Å². The van der Waals surface area contributed by atoms with Gasteiger partial charge in [0.25, 0.3) is 0 Å². The summed E-state index contributed by atoms with van der Waals surface area (Å²) in [7, 11) is 0. The Labute approximate surface area is 120 Å². The van der Waals surface area contributed by atoms with Crippen LogP contribution >= 0.6 is 0 Å². The summed E-state index contributed by atoms with van der Waals surface area (Å²) in [6, 6.07) is 7.28. The minimum absolute atomic E-state index is 0.353. The zero-order valence-corrected chi connectivity index (χ0v) is 11.8. The Morgan fingerprint density at radius 2 is 2.05 bits per heavy atom. The Hall–Kier alpha value is -1.48. The van der Waals surface area contributed by atoms with Gasteiger partial charge >= 0.3 is 0 Å². The predicted octanol–water partition coefficient (Wildman–Crippen LogP) is 3.07. The zero-order chi connectivity index (χ0) is 13.5. The molecule has 0 amide bonds. The topological polar surface area (TPSA) is 30.5 Å². The maximum absolute atomic E-state index is 5.66. The number of fused-ring (bicyclic) bond motifs is 2. The molecule has 0 radical (unpaired) electrons. The van der Waals surface area contributed by atoms with Gasteiger partial charge in [0, 0.05) is 12.1 Å². The van der Waals surface area contributed by atoms with Crippen molar-refractivity contribution in [3.8, 4) is 11.5 Å². The first-order valence-corrected chi connectivity index (χ1v) is 7.63. The van der Waals surface area contributed by atoms with Gasteiger partial charge in [-0.05, 0) is 49.3 Å². The third kappa shape index (κ3) is 2.01. The fourth-order valence-corrected chi connectivity index (χ4v) is 3.65. The molecule has 3 nitrogen and oxygen atoms in total. The summed E-state index contributed by atoms with van der Waals surface area (Å²) < 4.78 is 11.2. The maximum Gasteiger partial charge on any atom is 0.161 e. The van der Waals surface area contributed by atoms with Gasteiger partial charge in [-0.3, -0.25) is 0 Å². The van der Waals surface area contributed by atoms with Gasteiger partial charge in [-0.15, -0.1) is 0 Å². The maximum atomic E-state index is 5.66. The molecule has 1 aromatic carbocycles. The predicted molar refractivity (Wildman–Crippen MR) is 78.1 cm³/mol. The summed E-state index contributed by atoms with van der Waals surface area (Å²) >= 11 is 0. The lowest BCUT2D eigenvalue weighted by atomic mass is 9.71. The van der Waals surface area contributed by atoms with E-state index in [1.807, 2.05) is 6.07 Å². The highest BCUT2D eigenvalue weighted by Gasteiger charge is 2.41. The average molecular weight is 271 g/mol. The molecule has 0 bridgehead atoms. The van der Waals surface area contributed by atoms with Crippen LogP contribution in [0.3, 0.4) is 0 Å². The third-order valence-electron chi connectivity index (χ3n) is 4.89. The first-order chi connectivity index (χ1) is 9.81. The van der Waals surface area contributed by atoms with E-state index in [-0.39, 0.29) is 0 Å². The molecule has 1 N–H and O–H groups in total. The van der Waals surface area contributed by atoms with E-state index in [1.165, 1.54) is 18.4 Å². The molecule has 1 aliphatic heterocycles. The molecule has 106 valence electrons. The van der Waals surface area contributed by atoms with Gasteiger partial charge in [0.1, 0.15) is 13.2 Å². The van der Waals surface area contributed by atoms with Crippen molar-refractivity contribution in [3.63, 3.8) is 0 Å². The van der Waals surface area contributed by atoms with Crippen LogP contribution < -0.4 is 14.8 Å². The summed E-state index contributed by atoms with van der Waals surface area (Å²) in [6.07, 6.45) is 7.32. The van der Waals surface area contributed by atoms with Crippen molar-refractivity contribution < 1.29 is 9.47 Å². The molecular formula is C17H21NO2. The smallest absolute Gasteiger partial charge is 0.161 e. The van der Waals surface area contributed by atoms with Gasteiger partial charge in [-0.2, -0.15) is 0 Å². The van der Waals surface area contributed by atoms with Crippen LogP contribution in [0.1, 0.15) is 31.4 Å². The van der Waals surface area contributed by atoms with E-state index in [0.717, 1.165) is 23.3 Å². The number of benzene rings is 1. The molecule has 4 atom stereocenters. The third-order valence-corrected chi connectivity index (χ3v) is 4.89. The number of nitrogens with one attached hydrogen (secondary N) is 1. The first-order valence-electron chi connectivity index (χ1n) is 7.63. The lowest BCUT2D eigenvalue weighted by Gasteiger charge is -2.42. The number of hydrogen-bond acceptors (Lipinski definition) is 3. The van der Waals surface area contributed by atoms with Crippen molar-refractivity contribution in [1.82, 2.24) is 5.32 Å². The summed E-state index contributed by atoms with van der Waals surface area (Å²) in [5.74, 6) is 3.42. The van der Waals surface area contributed by atoms with Crippen LogP contribution in [0, 0.1) is 11.8 Å². The van der Waals surface area contributed by atoms with Crippen LogP contribution in [0.15, 0.2) is 30.4 Å². The van der Waals surface area contributed by atoms with Gasteiger partial charge in [0.15, 0.2) is 11.5 Å². The normalized spacial score (nSPS) is 31.6. The molecular weight excluding hydrogens is 250 g/mol. The van der Waals surface area contributed by atoms with Crippen LogP contribution in [0.2, 0.25) is 0 Å². The van der Waals surface area contributed by atoms with E-state index in [2.05, 4.69) is 36.5 Å². The fourth-order valence-electron chi connectivity index (χ4n) is 3.65. The fraction of sp³-hybridized carbons (Fsp3) is 0.529. The van der Waals surface area contributed by atoms with Crippen molar-refractivity contribution in [2.45, 2.75) is 31.8 Å². The van der Waals surface area contributed by atoms with E-state index in [9.17, 15) is 0 Å². The minimum atomic E-state index is 0.353. The summed E-state index contributed by atoms with van der Waals surface area (Å²) in [5, 5.41) is 3.76. The minimum Gasteiger partial charge on any atom is -0.486 e. The Balaban J connectivity index is 1.45. The van der Waals surface area contributed by atoms with Crippen molar-refractivity contribution in [3.05, 3.63) is 35.9 Å². The molecule has 0 aromatic heterocycles. The monoisotopic (exact) mass is 271 g/mol. The summed E-state index contributed by atoms with van der Waals surface area (Å²) in [4.78, 5) is 0. The largest absolute Gasteiger partial charge is 0.486 e. The summed E-state index contributed by atoms with van der Waals surface area (Å²) in [5.41, 5.74) is 1.28. The van der Waals surface area contributed by atoms with Crippen molar-refractivity contribution in [2.24, 2.45) is 11.8 Å². The molecule has 0 spiro atoms. The lowest BCUT2D eigenvalue weighted by molar-refractivity contribution is 0.152. The molecule has 1 saturated carbocycles. The second-order valence-corrected chi connectivity index (χ2v) is 6.13. The lowest BCUT2D eigenvalue weighted by Crippen LogP contribution is -2.48. The number of rotatable bonds is 3. The molecule has 3 heteroatoms. The van der Waals surface area contributed by atoms with Gasteiger partial charge in [-0.1, -0.05) is 18.2 Å². The molecule has 2 aliphatic carbocycles. The standard InChI is InChI=1S/C17H21NO2/c1-11(18-15-9-13-3-2-4-14(13)15)12-5-6-16-17(10-12)20-8-7-19-16/h2,4-6,10-11,13-15,18H,3,7-9H2,1H3. The van der Waals surface area contributed by atoms with Crippen LogP contribution in [0.5, 0.6) is 11.5 Å². The van der Waals surface area contributed by atoms with Crippen molar-refractivity contribution >= 4 is 0 Å². The number of hydrogen-bond donors (Lipinski definition) is 1. The molecule has 4 unspecified atom stereocenters. The molecule has 1 aromatic rings. The molecule has 3 aliphatic rings. The number of ether oxygens (including phenoxy) is 2. The second-order valence-electron chi connectivity index (χ2n) is 6.13. The first kappa shape index (κ1) is 12.3. The second kappa shape index (κ2) is 4.81. The van der Waals surface area contributed by atoms with E-state index >= 15 is 0 Å². The number of allylic oxidation sites excluding steroid dienone is 1. The average Bonchev–Trinajstić information content (AvgIpc) is 2.85. The molecule has 0 saturated heterocycles. The van der Waals surface area contributed by atoms with Crippen molar-refractivity contribution in [2.75, 3.05) is 13.2 Å². The summed E-state index contributed by atoms with van der Waals surface area (Å²) in [6.45, 7) is 3.53. The Morgan fingerprint density at radius 1 is 1.20 bits per heavy atom. The van der Waals surface area contributed by atoms with Crippen LogP contribution in [-0.2, 0) is 0 Å². The molecule has 20 heavy (non-hydrogen) atoms. The molecule has 4 rings (SSSR count). The van der Waals surface area contributed by atoms with E-state index in [0.29, 0.717) is 25.3 Å². The highest BCUT2D eigenvalue weighted by Crippen LogP contribution is 2.43. The Kier molecular flexibility index (Phi) is 2.95. The van der Waals surface area contributed by atoms with E-state index in [1.54, 1.807) is 0 Å².